The van der Waals surface area contributed by atoms with Crippen LogP contribution < -0.4 is 5.32 Å². The van der Waals surface area contributed by atoms with E-state index in [-0.39, 0.29) is 18.3 Å². The first-order valence-electron chi connectivity index (χ1n) is 7.59. The van der Waals surface area contributed by atoms with Crippen LogP contribution in [0.2, 0.25) is 0 Å². The van der Waals surface area contributed by atoms with E-state index in [0.29, 0.717) is 18.2 Å². The number of likely N-dealkylation sites (tertiary alicyclic amines) is 1. The summed E-state index contributed by atoms with van der Waals surface area (Å²) in [5.41, 5.74) is 0.625. The first kappa shape index (κ1) is 15.9. The number of aliphatic hydroxyl groups excluding tert-OH is 1. The molecule has 4 nitrogen and oxygen atoms in total. The number of carbonyl (C=O) groups excluding carboxylic acids is 1. The van der Waals surface area contributed by atoms with Gasteiger partial charge in [0, 0.05) is 31.3 Å². The van der Waals surface area contributed by atoms with Crippen LogP contribution in [-0.2, 0) is 4.79 Å². The van der Waals surface area contributed by atoms with Gasteiger partial charge in [0.15, 0.2) is 0 Å². The fourth-order valence-corrected chi connectivity index (χ4v) is 2.85. The zero-order chi connectivity index (χ0) is 15.1. The van der Waals surface area contributed by atoms with Crippen LogP contribution in [0.5, 0.6) is 0 Å². The maximum absolute atomic E-state index is 12.8. The van der Waals surface area contributed by atoms with Crippen molar-refractivity contribution in [2.45, 2.75) is 38.1 Å². The molecule has 116 valence electrons. The van der Waals surface area contributed by atoms with Gasteiger partial charge in [-0.1, -0.05) is 0 Å². The molecule has 1 aromatic carbocycles. The highest BCUT2D eigenvalue weighted by molar-refractivity contribution is 5.90. The van der Waals surface area contributed by atoms with E-state index in [2.05, 4.69) is 10.2 Å². The number of hydrogen-bond donors (Lipinski definition) is 2. The Morgan fingerprint density at radius 1 is 1.38 bits per heavy atom. The Balaban J connectivity index is 1.74. The molecule has 1 aliphatic rings. The predicted molar refractivity (Wildman–Crippen MR) is 80.6 cm³/mol. The van der Waals surface area contributed by atoms with Crippen LogP contribution in [0.1, 0.15) is 32.1 Å². The Morgan fingerprint density at radius 3 is 2.86 bits per heavy atom. The number of anilines is 1. The summed E-state index contributed by atoms with van der Waals surface area (Å²) in [4.78, 5) is 14.2. The second-order valence-corrected chi connectivity index (χ2v) is 5.50. The van der Waals surface area contributed by atoms with Gasteiger partial charge in [0.25, 0.3) is 0 Å². The lowest BCUT2D eigenvalue weighted by Crippen LogP contribution is -2.32. The Labute approximate surface area is 125 Å². The van der Waals surface area contributed by atoms with E-state index in [1.807, 2.05) is 0 Å². The quantitative estimate of drug-likeness (QED) is 0.812. The number of benzene rings is 1. The summed E-state index contributed by atoms with van der Waals surface area (Å²) in [6, 6.07) is 6.29. The SMILES string of the molecule is O=C(CCN1CCCC1CCCO)Nc1ccc(F)cc1. The van der Waals surface area contributed by atoms with Gasteiger partial charge in [0.2, 0.25) is 5.91 Å². The van der Waals surface area contributed by atoms with Crippen molar-refractivity contribution in [3.63, 3.8) is 0 Å². The third kappa shape index (κ3) is 5.10. The van der Waals surface area contributed by atoms with Crippen LogP contribution in [0.3, 0.4) is 0 Å². The molecule has 1 atom stereocenters. The molecule has 0 saturated carbocycles. The van der Waals surface area contributed by atoms with Crippen molar-refractivity contribution < 1.29 is 14.3 Å². The number of nitrogens with zero attached hydrogens (tertiary/aromatic N) is 1. The topological polar surface area (TPSA) is 52.6 Å². The van der Waals surface area contributed by atoms with Crippen LogP contribution in [0.15, 0.2) is 24.3 Å². The van der Waals surface area contributed by atoms with Gasteiger partial charge in [-0.15, -0.1) is 0 Å². The molecule has 1 aromatic rings. The molecule has 0 radical (unpaired) electrons. The van der Waals surface area contributed by atoms with Gasteiger partial charge >= 0.3 is 0 Å². The molecule has 21 heavy (non-hydrogen) atoms. The van der Waals surface area contributed by atoms with Crippen molar-refractivity contribution in [1.29, 1.82) is 0 Å². The fourth-order valence-electron chi connectivity index (χ4n) is 2.85. The van der Waals surface area contributed by atoms with E-state index in [1.54, 1.807) is 12.1 Å². The van der Waals surface area contributed by atoms with Gasteiger partial charge in [-0.25, -0.2) is 4.39 Å². The van der Waals surface area contributed by atoms with Crippen molar-refractivity contribution in [2.24, 2.45) is 0 Å². The third-order valence-corrected chi connectivity index (χ3v) is 3.95. The van der Waals surface area contributed by atoms with Crippen LogP contribution in [0, 0.1) is 5.82 Å². The molecule has 1 saturated heterocycles. The lowest BCUT2D eigenvalue weighted by molar-refractivity contribution is -0.116. The number of aliphatic hydroxyl groups is 1. The molecule has 5 heteroatoms. The molecule has 1 amide bonds. The minimum atomic E-state index is -0.309. The third-order valence-electron chi connectivity index (χ3n) is 3.95. The first-order valence-corrected chi connectivity index (χ1v) is 7.59. The largest absolute Gasteiger partial charge is 0.396 e. The summed E-state index contributed by atoms with van der Waals surface area (Å²) in [6.07, 6.45) is 4.57. The van der Waals surface area contributed by atoms with E-state index < -0.39 is 0 Å². The minimum absolute atomic E-state index is 0.0468. The van der Waals surface area contributed by atoms with E-state index in [1.165, 1.54) is 12.1 Å². The van der Waals surface area contributed by atoms with Crippen LogP contribution in [-0.4, -0.2) is 41.7 Å². The van der Waals surface area contributed by atoms with Gasteiger partial charge in [0.05, 0.1) is 0 Å². The first-order chi connectivity index (χ1) is 10.2. The minimum Gasteiger partial charge on any atom is -0.396 e. The highest BCUT2D eigenvalue weighted by atomic mass is 19.1. The zero-order valence-electron chi connectivity index (χ0n) is 12.2. The molecular weight excluding hydrogens is 271 g/mol. The van der Waals surface area contributed by atoms with Crippen LogP contribution in [0.25, 0.3) is 0 Å². The molecule has 0 spiro atoms. The van der Waals surface area contributed by atoms with E-state index in [0.717, 1.165) is 38.8 Å². The molecule has 1 unspecified atom stereocenters. The molecule has 0 aromatic heterocycles. The zero-order valence-corrected chi connectivity index (χ0v) is 12.2. The number of carbonyl (C=O) groups is 1. The lowest BCUT2D eigenvalue weighted by Gasteiger charge is -2.23. The van der Waals surface area contributed by atoms with Crippen LogP contribution >= 0.6 is 0 Å². The number of rotatable bonds is 7. The molecule has 2 rings (SSSR count). The Hall–Kier alpha value is -1.46. The number of halogens is 1. The average Bonchev–Trinajstić information content (AvgIpc) is 2.93. The Bertz CT molecular complexity index is 450. The van der Waals surface area contributed by atoms with Crippen LogP contribution in [0.4, 0.5) is 10.1 Å². The molecule has 1 aliphatic heterocycles. The predicted octanol–water partition coefficient (Wildman–Crippen LogP) is 2.39. The molecule has 0 aliphatic carbocycles. The Kier molecular flexibility index (Phi) is 6.14. The second-order valence-electron chi connectivity index (χ2n) is 5.50. The van der Waals surface area contributed by atoms with Gasteiger partial charge < -0.3 is 10.4 Å². The highest BCUT2D eigenvalue weighted by Gasteiger charge is 2.23. The average molecular weight is 294 g/mol. The second kappa shape index (κ2) is 8.10. The molecular formula is C16H23FN2O2. The van der Waals surface area contributed by atoms with E-state index >= 15 is 0 Å². The maximum atomic E-state index is 12.8. The fraction of sp³-hybridized carbons (Fsp3) is 0.562. The summed E-state index contributed by atoms with van der Waals surface area (Å²) in [7, 11) is 0. The van der Waals surface area contributed by atoms with E-state index in [4.69, 9.17) is 5.11 Å². The normalized spacial score (nSPS) is 18.9. The summed E-state index contributed by atoms with van der Waals surface area (Å²) >= 11 is 0. The van der Waals surface area contributed by atoms with Crippen molar-refractivity contribution in [2.75, 3.05) is 25.0 Å². The maximum Gasteiger partial charge on any atom is 0.225 e. The van der Waals surface area contributed by atoms with Gasteiger partial charge in [-0.2, -0.15) is 0 Å². The standard InChI is InChI=1S/C16H23FN2O2/c17-13-5-7-14(8-6-13)18-16(21)9-11-19-10-1-3-15(19)4-2-12-20/h5-8,15,20H,1-4,9-12H2,(H,18,21). The molecule has 1 fully saturated rings. The number of hydrogen-bond acceptors (Lipinski definition) is 3. The number of nitrogens with one attached hydrogen (secondary N) is 1. The van der Waals surface area contributed by atoms with Crippen molar-refractivity contribution in [1.82, 2.24) is 4.90 Å². The van der Waals surface area contributed by atoms with Crippen molar-refractivity contribution >= 4 is 11.6 Å². The van der Waals surface area contributed by atoms with Gasteiger partial charge in [-0.3, -0.25) is 9.69 Å². The lowest BCUT2D eigenvalue weighted by atomic mass is 10.1. The summed E-state index contributed by atoms with van der Waals surface area (Å²) in [6.45, 7) is 2.00. The molecule has 0 bridgehead atoms. The molecule has 2 N–H and O–H groups in total. The molecule has 1 heterocycles. The van der Waals surface area contributed by atoms with Gasteiger partial charge in [0.1, 0.15) is 5.82 Å². The highest BCUT2D eigenvalue weighted by Crippen LogP contribution is 2.21. The monoisotopic (exact) mass is 294 g/mol. The van der Waals surface area contributed by atoms with E-state index in [9.17, 15) is 9.18 Å². The van der Waals surface area contributed by atoms with Crippen molar-refractivity contribution in [3.8, 4) is 0 Å². The summed E-state index contributed by atoms with van der Waals surface area (Å²) < 4.78 is 12.8. The van der Waals surface area contributed by atoms with Crippen molar-refractivity contribution in [3.05, 3.63) is 30.1 Å². The van der Waals surface area contributed by atoms with Gasteiger partial charge in [-0.05, 0) is 56.5 Å². The number of amides is 1. The summed E-state index contributed by atoms with van der Waals surface area (Å²) in [5.74, 6) is -0.355. The summed E-state index contributed by atoms with van der Waals surface area (Å²) in [5, 5.41) is 11.7. The Morgan fingerprint density at radius 2 is 2.14 bits per heavy atom. The smallest absolute Gasteiger partial charge is 0.225 e.